The van der Waals surface area contributed by atoms with E-state index in [1.54, 1.807) is 0 Å². The lowest BCUT2D eigenvalue weighted by Crippen LogP contribution is -2.46. The first-order chi connectivity index (χ1) is 6.78. The molecule has 0 N–H and O–H groups in total. The first-order valence-corrected chi connectivity index (χ1v) is 6.01. The Hall–Kier alpha value is -0.370. The van der Waals surface area contributed by atoms with Crippen molar-refractivity contribution < 1.29 is 9.53 Å². The Morgan fingerprint density at radius 2 is 1.67 bits per heavy atom. The van der Waals surface area contributed by atoms with Gasteiger partial charge in [-0.15, -0.1) is 0 Å². The molecule has 0 radical (unpaired) electrons. The fourth-order valence-corrected chi connectivity index (χ4v) is 2.48. The molecule has 2 heteroatoms. The Morgan fingerprint density at radius 1 is 1.20 bits per heavy atom. The maximum Gasteiger partial charge on any atom is 0.169 e. The normalized spacial score (nSPS) is 20.9. The molecule has 15 heavy (non-hydrogen) atoms. The Labute approximate surface area is 93.4 Å². The van der Waals surface area contributed by atoms with Crippen molar-refractivity contribution in [2.24, 2.45) is 5.41 Å². The van der Waals surface area contributed by atoms with Gasteiger partial charge in [0.05, 0.1) is 6.10 Å². The lowest BCUT2D eigenvalue weighted by atomic mass is 9.79. The Morgan fingerprint density at radius 3 is 2.00 bits per heavy atom. The van der Waals surface area contributed by atoms with Crippen molar-refractivity contribution in [2.45, 2.75) is 72.0 Å². The van der Waals surface area contributed by atoms with Gasteiger partial charge in [0, 0.05) is 5.41 Å². The number of hydrogen-bond acceptors (Lipinski definition) is 2. The van der Waals surface area contributed by atoms with E-state index in [1.165, 1.54) is 0 Å². The highest BCUT2D eigenvalue weighted by molar-refractivity contribution is 5.92. The van der Waals surface area contributed by atoms with Gasteiger partial charge in [-0.1, -0.05) is 20.8 Å². The third-order valence-electron chi connectivity index (χ3n) is 2.97. The van der Waals surface area contributed by atoms with Gasteiger partial charge in [0.2, 0.25) is 0 Å². The minimum absolute atomic E-state index is 0.134. The van der Waals surface area contributed by atoms with Gasteiger partial charge in [0.1, 0.15) is 5.60 Å². The number of carbonyl (C=O) groups is 1. The second-order valence-corrected chi connectivity index (χ2v) is 5.95. The molecule has 2 nitrogen and oxygen atoms in total. The van der Waals surface area contributed by atoms with Gasteiger partial charge in [-0.05, 0) is 39.5 Å². The fourth-order valence-electron chi connectivity index (χ4n) is 2.48. The van der Waals surface area contributed by atoms with Crippen molar-refractivity contribution in [2.75, 3.05) is 0 Å². The second kappa shape index (κ2) is 4.25. The van der Waals surface area contributed by atoms with Crippen molar-refractivity contribution in [1.82, 2.24) is 0 Å². The quantitative estimate of drug-likeness (QED) is 0.717. The van der Waals surface area contributed by atoms with E-state index in [1.807, 2.05) is 34.6 Å². The van der Waals surface area contributed by atoms with Crippen LogP contribution in [0.15, 0.2) is 0 Å². The molecule has 1 aliphatic rings. The summed E-state index contributed by atoms with van der Waals surface area (Å²) in [5, 5.41) is 0. The molecular weight excluding hydrogens is 188 g/mol. The molecule has 0 aromatic rings. The molecule has 0 unspecified atom stereocenters. The van der Waals surface area contributed by atoms with Gasteiger partial charge >= 0.3 is 0 Å². The highest BCUT2D eigenvalue weighted by Crippen LogP contribution is 2.39. The molecule has 0 aromatic carbocycles. The van der Waals surface area contributed by atoms with Crippen LogP contribution in [-0.4, -0.2) is 17.5 Å². The van der Waals surface area contributed by atoms with E-state index in [2.05, 4.69) is 0 Å². The molecule has 1 fully saturated rings. The number of Topliss-reactive ketones (excluding diaryl/α,β-unsaturated/α-hetero) is 1. The maximum absolute atomic E-state index is 12.4. The van der Waals surface area contributed by atoms with E-state index in [9.17, 15) is 4.79 Å². The zero-order valence-corrected chi connectivity index (χ0v) is 10.7. The molecule has 0 aliphatic heterocycles. The number of carbonyl (C=O) groups excluding carboxylic acids is 1. The van der Waals surface area contributed by atoms with Gasteiger partial charge in [0.15, 0.2) is 5.78 Å². The van der Waals surface area contributed by atoms with Crippen molar-refractivity contribution in [3.05, 3.63) is 0 Å². The molecule has 0 heterocycles. The van der Waals surface area contributed by atoms with Crippen LogP contribution in [0.2, 0.25) is 0 Å². The predicted octanol–water partition coefficient (Wildman–Crippen LogP) is 3.34. The van der Waals surface area contributed by atoms with Crippen LogP contribution < -0.4 is 0 Å². The van der Waals surface area contributed by atoms with Crippen LogP contribution in [0.1, 0.15) is 60.3 Å². The third-order valence-corrected chi connectivity index (χ3v) is 2.97. The van der Waals surface area contributed by atoms with Gasteiger partial charge in [-0.2, -0.15) is 0 Å². The van der Waals surface area contributed by atoms with Crippen molar-refractivity contribution in [1.29, 1.82) is 0 Å². The Kier molecular flexibility index (Phi) is 3.59. The van der Waals surface area contributed by atoms with Crippen LogP contribution in [0.3, 0.4) is 0 Å². The van der Waals surface area contributed by atoms with Gasteiger partial charge in [-0.25, -0.2) is 0 Å². The standard InChI is InChI=1S/C13H24O2/c1-10(2)15-13(8-6-7-9-13)11(14)12(3,4)5/h10H,6-9H2,1-5H3. The molecule has 88 valence electrons. The highest BCUT2D eigenvalue weighted by Gasteiger charge is 2.46. The summed E-state index contributed by atoms with van der Waals surface area (Å²) in [6.45, 7) is 9.98. The lowest BCUT2D eigenvalue weighted by molar-refractivity contribution is -0.158. The molecule has 0 atom stereocenters. The zero-order chi connectivity index (χ0) is 11.7. The van der Waals surface area contributed by atoms with Crippen molar-refractivity contribution >= 4 is 5.78 Å². The first kappa shape index (κ1) is 12.7. The molecule has 1 rings (SSSR count). The van der Waals surface area contributed by atoms with E-state index >= 15 is 0 Å². The van der Waals surface area contributed by atoms with Crippen LogP contribution >= 0.6 is 0 Å². The lowest BCUT2D eigenvalue weighted by Gasteiger charge is -2.35. The topological polar surface area (TPSA) is 26.3 Å². The number of hydrogen-bond donors (Lipinski definition) is 0. The largest absolute Gasteiger partial charge is 0.365 e. The van der Waals surface area contributed by atoms with Crippen LogP contribution in [0, 0.1) is 5.41 Å². The van der Waals surface area contributed by atoms with E-state index in [0.29, 0.717) is 0 Å². The maximum atomic E-state index is 12.4. The van der Waals surface area contributed by atoms with Crippen LogP contribution in [0.4, 0.5) is 0 Å². The van der Waals surface area contributed by atoms with Gasteiger partial charge in [-0.3, -0.25) is 4.79 Å². The van der Waals surface area contributed by atoms with Gasteiger partial charge in [0.25, 0.3) is 0 Å². The summed E-state index contributed by atoms with van der Waals surface area (Å²) in [6.07, 6.45) is 4.18. The van der Waals surface area contributed by atoms with Crippen LogP contribution in [0.5, 0.6) is 0 Å². The summed E-state index contributed by atoms with van der Waals surface area (Å²) < 4.78 is 5.94. The zero-order valence-electron chi connectivity index (χ0n) is 10.7. The predicted molar refractivity (Wildman–Crippen MR) is 61.9 cm³/mol. The van der Waals surface area contributed by atoms with E-state index in [0.717, 1.165) is 25.7 Å². The Bertz CT molecular complexity index is 229. The molecule has 1 saturated carbocycles. The van der Waals surface area contributed by atoms with E-state index < -0.39 is 5.60 Å². The molecular formula is C13H24O2. The summed E-state index contributed by atoms with van der Waals surface area (Å²) in [6, 6.07) is 0. The fraction of sp³-hybridized carbons (Fsp3) is 0.923. The summed E-state index contributed by atoms with van der Waals surface area (Å²) in [5.74, 6) is 0.279. The average Bonchev–Trinajstić information content (AvgIpc) is 2.50. The Balaban J connectivity index is 2.86. The van der Waals surface area contributed by atoms with Crippen molar-refractivity contribution in [3.63, 3.8) is 0 Å². The average molecular weight is 212 g/mol. The summed E-state index contributed by atoms with van der Waals surface area (Å²) in [7, 11) is 0. The molecule has 0 aromatic heterocycles. The number of ketones is 1. The molecule has 0 spiro atoms. The minimum atomic E-state index is -0.480. The number of ether oxygens (including phenoxy) is 1. The molecule has 0 saturated heterocycles. The van der Waals surface area contributed by atoms with Gasteiger partial charge < -0.3 is 4.74 Å². The third kappa shape index (κ3) is 2.81. The monoisotopic (exact) mass is 212 g/mol. The number of rotatable bonds is 3. The van der Waals surface area contributed by atoms with Crippen molar-refractivity contribution in [3.8, 4) is 0 Å². The summed E-state index contributed by atoms with van der Waals surface area (Å²) >= 11 is 0. The molecule has 0 amide bonds. The highest BCUT2D eigenvalue weighted by atomic mass is 16.5. The summed E-state index contributed by atoms with van der Waals surface area (Å²) in [5.41, 5.74) is -0.772. The van der Waals surface area contributed by atoms with Crippen LogP contribution in [-0.2, 0) is 9.53 Å². The van der Waals surface area contributed by atoms with E-state index in [4.69, 9.17) is 4.74 Å². The minimum Gasteiger partial charge on any atom is -0.365 e. The van der Waals surface area contributed by atoms with Crippen LogP contribution in [0.25, 0.3) is 0 Å². The second-order valence-electron chi connectivity index (χ2n) is 5.95. The smallest absolute Gasteiger partial charge is 0.169 e. The molecule has 0 bridgehead atoms. The first-order valence-electron chi connectivity index (χ1n) is 6.01. The van der Waals surface area contributed by atoms with E-state index in [-0.39, 0.29) is 17.3 Å². The molecule has 1 aliphatic carbocycles. The summed E-state index contributed by atoms with van der Waals surface area (Å²) in [4.78, 5) is 12.4. The SMILES string of the molecule is CC(C)OC1(C(=O)C(C)(C)C)CCCC1.